The number of aliphatic hydroxyl groups is 1. The molecule has 1 fully saturated rings. The lowest BCUT2D eigenvalue weighted by atomic mass is 9.92. The summed E-state index contributed by atoms with van der Waals surface area (Å²) in [5.41, 5.74) is 1.68. The lowest BCUT2D eigenvalue weighted by molar-refractivity contribution is 0.127. The fourth-order valence-corrected chi connectivity index (χ4v) is 2.75. The number of benzene rings is 1. The van der Waals surface area contributed by atoms with Crippen LogP contribution in [0.1, 0.15) is 24.8 Å². The van der Waals surface area contributed by atoms with Crippen LogP contribution in [0.3, 0.4) is 0 Å². The molecule has 1 aromatic heterocycles. The summed E-state index contributed by atoms with van der Waals surface area (Å²) >= 11 is 0. The Morgan fingerprint density at radius 3 is 2.76 bits per heavy atom. The van der Waals surface area contributed by atoms with Crippen molar-refractivity contribution in [2.75, 3.05) is 18.5 Å². The van der Waals surface area contributed by atoms with Crippen molar-refractivity contribution in [2.45, 2.75) is 31.9 Å². The van der Waals surface area contributed by atoms with Crippen molar-refractivity contribution in [1.29, 1.82) is 0 Å². The Balaban J connectivity index is 1.59. The molecule has 25 heavy (non-hydrogen) atoms. The molecular formula is C19H23N3O3. The summed E-state index contributed by atoms with van der Waals surface area (Å²) in [5.74, 6) is 0.457. The number of hydrogen-bond donors (Lipinski definition) is 2. The van der Waals surface area contributed by atoms with Gasteiger partial charge in [0.15, 0.2) is 0 Å². The monoisotopic (exact) mass is 341 g/mol. The van der Waals surface area contributed by atoms with Crippen molar-refractivity contribution in [3.8, 4) is 5.88 Å². The van der Waals surface area contributed by atoms with E-state index in [0.29, 0.717) is 24.7 Å². The molecule has 1 aliphatic rings. The highest BCUT2D eigenvalue weighted by Gasteiger charge is 2.28. The van der Waals surface area contributed by atoms with E-state index in [1.807, 2.05) is 30.3 Å². The molecule has 6 heteroatoms. The molecular weight excluding hydrogens is 318 g/mol. The van der Waals surface area contributed by atoms with Crippen LogP contribution >= 0.6 is 0 Å². The number of hydrogen-bond acceptors (Lipinski definition) is 4. The Hall–Kier alpha value is -2.60. The molecule has 0 bridgehead atoms. The average molecular weight is 341 g/mol. The van der Waals surface area contributed by atoms with Gasteiger partial charge < -0.3 is 20.1 Å². The van der Waals surface area contributed by atoms with Crippen molar-refractivity contribution in [3.63, 3.8) is 0 Å². The molecule has 6 nitrogen and oxygen atoms in total. The quantitative estimate of drug-likeness (QED) is 0.812. The number of rotatable bonds is 7. The Kier molecular flexibility index (Phi) is 5.85. The van der Waals surface area contributed by atoms with Crippen molar-refractivity contribution >= 4 is 11.7 Å². The minimum Gasteiger partial charge on any atom is -0.473 e. The maximum atomic E-state index is 12.5. The summed E-state index contributed by atoms with van der Waals surface area (Å²) < 4.78 is 5.69. The van der Waals surface area contributed by atoms with Crippen molar-refractivity contribution in [3.05, 3.63) is 54.2 Å². The molecule has 0 atom stereocenters. The van der Waals surface area contributed by atoms with Crippen LogP contribution in [-0.4, -0.2) is 40.2 Å². The van der Waals surface area contributed by atoms with E-state index in [-0.39, 0.29) is 18.7 Å². The Labute approximate surface area is 147 Å². The number of aliphatic hydroxyl groups excluding tert-OH is 1. The number of nitrogens with zero attached hydrogens (tertiary/aromatic N) is 2. The summed E-state index contributed by atoms with van der Waals surface area (Å²) in [6, 6.07) is 13.3. The number of nitrogens with one attached hydrogen (secondary N) is 1. The van der Waals surface area contributed by atoms with E-state index in [2.05, 4.69) is 10.3 Å². The van der Waals surface area contributed by atoms with Gasteiger partial charge in [-0.1, -0.05) is 30.3 Å². The zero-order valence-electron chi connectivity index (χ0n) is 14.1. The second kappa shape index (κ2) is 8.48. The number of urea groups is 1. The first-order chi connectivity index (χ1) is 12.3. The zero-order valence-corrected chi connectivity index (χ0v) is 14.1. The van der Waals surface area contributed by atoms with Crippen LogP contribution in [-0.2, 0) is 6.61 Å². The van der Waals surface area contributed by atoms with Gasteiger partial charge in [-0.2, -0.15) is 0 Å². The van der Waals surface area contributed by atoms with E-state index in [9.17, 15) is 9.90 Å². The maximum Gasteiger partial charge on any atom is 0.322 e. The molecule has 1 heterocycles. The van der Waals surface area contributed by atoms with Gasteiger partial charge in [0.2, 0.25) is 5.88 Å². The van der Waals surface area contributed by atoms with E-state index in [4.69, 9.17) is 4.74 Å². The molecule has 2 aromatic rings. The molecule has 3 rings (SSSR count). The summed E-state index contributed by atoms with van der Waals surface area (Å²) in [4.78, 5) is 18.4. The first-order valence-corrected chi connectivity index (χ1v) is 8.57. The third kappa shape index (κ3) is 4.70. The van der Waals surface area contributed by atoms with Crippen molar-refractivity contribution in [1.82, 2.24) is 9.88 Å². The van der Waals surface area contributed by atoms with Crippen LogP contribution in [0.5, 0.6) is 5.88 Å². The van der Waals surface area contributed by atoms with E-state index in [1.165, 1.54) is 0 Å². The van der Waals surface area contributed by atoms with Crippen LogP contribution in [0.4, 0.5) is 10.5 Å². The molecule has 2 amide bonds. The van der Waals surface area contributed by atoms with E-state index in [0.717, 1.165) is 24.8 Å². The van der Waals surface area contributed by atoms with Gasteiger partial charge in [-0.25, -0.2) is 9.78 Å². The predicted octanol–water partition coefficient (Wildman–Crippen LogP) is 3.04. The predicted molar refractivity (Wildman–Crippen MR) is 95.5 cm³/mol. The fourth-order valence-electron chi connectivity index (χ4n) is 2.75. The van der Waals surface area contributed by atoms with Gasteiger partial charge >= 0.3 is 6.03 Å². The zero-order chi connectivity index (χ0) is 17.5. The second-order valence-electron chi connectivity index (χ2n) is 6.09. The number of ether oxygens (including phenoxy) is 1. The fraction of sp³-hybridized carbons (Fsp3) is 0.368. The van der Waals surface area contributed by atoms with Crippen LogP contribution in [0.25, 0.3) is 0 Å². The number of aromatic nitrogens is 1. The molecule has 1 aliphatic carbocycles. The third-order valence-electron chi connectivity index (χ3n) is 4.33. The molecule has 0 saturated heterocycles. The van der Waals surface area contributed by atoms with Gasteiger partial charge in [-0.3, -0.25) is 0 Å². The minimum atomic E-state index is -0.195. The van der Waals surface area contributed by atoms with Crippen LogP contribution in [0, 0.1) is 0 Å². The molecule has 0 spiro atoms. The average Bonchev–Trinajstić information content (AvgIpc) is 2.59. The molecule has 2 N–H and O–H groups in total. The summed E-state index contributed by atoms with van der Waals surface area (Å²) in [7, 11) is 0. The lowest BCUT2D eigenvalue weighted by Crippen LogP contribution is -2.47. The molecule has 1 saturated carbocycles. The highest BCUT2D eigenvalue weighted by atomic mass is 16.5. The van der Waals surface area contributed by atoms with E-state index >= 15 is 0 Å². The lowest BCUT2D eigenvalue weighted by Gasteiger charge is -2.37. The number of anilines is 1. The number of pyridine rings is 1. The summed E-state index contributed by atoms with van der Waals surface area (Å²) in [5, 5.41) is 12.1. The smallest absolute Gasteiger partial charge is 0.322 e. The Morgan fingerprint density at radius 2 is 2.08 bits per heavy atom. The Morgan fingerprint density at radius 1 is 1.28 bits per heavy atom. The van der Waals surface area contributed by atoms with Gasteiger partial charge in [0.25, 0.3) is 0 Å². The summed E-state index contributed by atoms with van der Waals surface area (Å²) in [6.45, 7) is 0.731. The van der Waals surface area contributed by atoms with Crippen LogP contribution in [0.15, 0.2) is 48.7 Å². The van der Waals surface area contributed by atoms with Crippen molar-refractivity contribution in [2.24, 2.45) is 0 Å². The minimum absolute atomic E-state index is 0.0360. The van der Waals surface area contributed by atoms with E-state index in [1.54, 1.807) is 23.2 Å². The third-order valence-corrected chi connectivity index (χ3v) is 4.33. The summed E-state index contributed by atoms with van der Waals surface area (Å²) in [6.07, 6.45) is 4.73. The SMILES string of the molecule is O=C(Nc1ccnc(OCc2ccccc2)c1)N(CCO)C1CCC1. The van der Waals surface area contributed by atoms with Crippen LogP contribution < -0.4 is 10.1 Å². The molecule has 1 aromatic carbocycles. The normalized spacial score (nSPS) is 13.8. The molecule has 0 radical (unpaired) electrons. The van der Waals surface area contributed by atoms with Crippen LogP contribution in [0.2, 0.25) is 0 Å². The molecule has 0 aliphatic heterocycles. The maximum absolute atomic E-state index is 12.5. The van der Waals surface area contributed by atoms with Gasteiger partial charge in [0.1, 0.15) is 6.61 Å². The largest absolute Gasteiger partial charge is 0.473 e. The first-order valence-electron chi connectivity index (χ1n) is 8.57. The molecule has 0 unspecified atom stereocenters. The number of carbonyl (C=O) groups excluding carboxylic acids is 1. The molecule has 132 valence electrons. The van der Waals surface area contributed by atoms with Gasteiger partial charge in [0, 0.05) is 30.5 Å². The highest BCUT2D eigenvalue weighted by molar-refractivity contribution is 5.89. The van der Waals surface area contributed by atoms with Crippen molar-refractivity contribution < 1.29 is 14.6 Å². The topological polar surface area (TPSA) is 74.7 Å². The highest BCUT2D eigenvalue weighted by Crippen LogP contribution is 2.25. The van der Waals surface area contributed by atoms with Gasteiger partial charge in [-0.15, -0.1) is 0 Å². The Bertz CT molecular complexity index is 689. The standard InChI is InChI=1S/C19H23N3O3/c23-12-11-22(17-7-4-8-17)19(24)21-16-9-10-20-18(13-16)25-14-15-5-2-1-3-6-15/h1-3,5-6,9-10,13,17,23H,4,7-8,11-12,14H2,(H,20,21,24). The van der Waals surface area contributed by atoms with E-state index < -0.39 is 0 Å². The van der Waals surface area contributed by atoms with Gasteiger partial charge in [0.05, 0.1) is 6.61 Å². The number of carbonyl (C=O) groups is 1. The number of amides is 2. The second-order valence-corrected chi connectivity index (χ2v) is 6.09. The first kappa shape index (κ1) is 17.2. The van der Waals surface area contributed by atoms with Gasteiger partial charge in [-0.05, 0) is 30.9 Å².